The fraction of sp³-hybridized carbons (Fsp3) is 0.562. The number of aryl methyl sites for hydroxylation is 1. The summed E-state index contributed by atoms with van der Waals surface area (Å²) in [6.45, 7) is 5.25. The molecule has 3 aliphatic rings. The van der Waals surface area contributed by atoms with Crippen LogP contribution in [0.1, 0.15) is 35.2 Å². The van der Waals surface area contributed by atoms with E-state index >= 15 is 0 Å². The van der Waals surface area contributed by atoms with E-state index in [-0.39, 0.29) is 12.1 Å². The van der Waals surface area contributed by atoms with Crippen LogP contribution in [-0.4, -0.2) is 42.6 Å². The first-order chi connectivity index (χ1) is 9.74. The summed E-state index contributed by atoms with van der Waals surface area (Å²) in [4.78, 5) is 17.3. The van der Waals surface area contributed by atoms with E-state index in [4.69, 9.17) is 0 Å². The topological polar surface area (TPSA) is 35.6 Å². The van der Waals surface area contributed by atoms with Gasteiger partial charge in [0.2, 0.25) is 0 Å². The number of amides is 1. The van der Waals surface area contributed by atoms with Crippen LogP contribution in [0.5, 0.6) is 0 Å². The maximum atomic E-state index is 12.3. The van der Waals surface area contributed by atoms with Crippen molar-refractivity contribution in [2.45, 2.75) is 38.4 Å². The SMILES string of the molecule is Cc1cccc2c1C(=O)N[C@@H]1CCN(C3CC3)CCN21. The van der Waals surface area contributed by atoms with Gasteiger partial charge in [0.25, 0.3) is 5.91 Å². The number of benzene rings is 1. The third kappa shape index (κ3) is 1.90. The van der Waals surface area contributed by atoms with Crippen LogP contribution in [0.25, 0.3) is 0 Å². The van der Waals surface area contributed by atoms with Crippen LogP contribution in [-0.2, 0) is 0 Å². The molecule has 1 atom stereocenters. The second kappa shape index (κ2) is 4.48. The summed E-state index contributed by atoms with van der Waals surface area (Å²) >= 11 is 0. The van der Waals surface area contributed by atoms with E-state index in [9.17, 15) is 4.79 Å². The molecule has 20 heavy (non-hydrogen) atoms. The molecule has 0 aromatic heterocycles. The predicted octanol–water partition coefficient (Wildman–Crippen LogP) is 1.74. The van der Waals surface area contributed by atoms with Gasteiger partial charge < -0.3 is 10.2 Å². The van der Waals surface area contributed by atoms with E-state index in [2.05, 4.69) is 27.2 Å². The Kier molecular flexibility index (Phi) is 2.74. The summed E-state index contributed by atoms with van der Waals surface area (Å²) in [7, 11) is 0. The minimum atomic E-state index is 0.0965. The number of fused-ring (bicyclic) bond motifs is 3. The molecule has 1 aromatic rings. The lowest BCUT2D eigenvalue weighted by Gasteiger charge is -2.38. The Morgan fingerprint density at radius 2 is 2.00 bits per heavy atom. The van der Waals surface area contributed by atoms with Gasteiger partial charge in [0.15, 0.2) is 0 Å². The van der Waals surface area contributed by atoms with Crippen molar-refractivity contribution in [2.75, 3.05) is 24.5 Å². The van der Waals surface area contributed by atoms with Crippen LogP contribution < -0.4 is 10.2 Å². The summed E-state index contributed by atoms with van der Waals surface area (Å²) in [5, 5.41) is 3.20. The molecule has 106 valence electrons. The number of nitrogens with zero attached hydrogens (tertiary/aromatic N) is 2. The van der Waals surface area contributed by atoms with E-state index in [0.29, 0.717) is 0 Å². The molecule has 1 aliphatic carbocycles. The standard InChI is InChI=1S/C16H21N3O/c1-11-3-2-4-13-15(11)16(20)17-14-7-8-18(12-5-6-12)9-10-19(13)14/h2-4,12,14H,5-10H2,1H3,(H,17,20)/t14-/m0/s1. The minimum absolute atomic E-state index is 0.0965. The van der Waals surface area contributed by atoms with Crippen molar-refractivity contribution in [1.29, 1.82) is 0 Å². The molecule has 2 fully saturated rings. The second-order valence-electron chi connectivity index (χ2n) is 6.21. The zero-order valence-corrected chi connectivity index (χ0v) is 11.9. The molecule has 1 N–H and O–H groups in total. The van der Waals surface area contributed by atoms with Gasteiger partial charge in [-0.25, -0.2) is 0 Å². The summed E-state index contributed by atoms with van der Waals surface area (Å²) in [6, 6.07) is 6.99. The van der Waals surface area contributed by atoms with Crippen LogP contribution in [0.4, 0.5) is 5.69 Å². The first-order valence-corrected chi connectivity index (χ1v) is 7.65. The molecule has 1 amide bonds. The van der Waals surface area contributed by atoms with E-state index in [0.717, 1.165) is 48.9 Å². The summed E-state index contributed by atoms with van der Waals surface area (Å²) in [5.41, 5.74) is 3.06. The Morgan fingerprint density at radius 3 is 2.80 bits per heavy atom. The van der Waals surface area contributed by atoms with E-state index in [1.165, 1.54) is 12.8 Å². The van der Waals surface area contributed by atoms with Crippen molar-refractivity contribution < 1.29 is 4.79 Å². The first-order valence-electron chi connectivity index (χ1n) is 7.65. The van der Waals surface area contributed by atoms with Crippen molar-refractivity contribution in [3.8, 4) is 0 Å². The Morgan fingerprint density at radius 1 is 1.15 bits per heavy atom. The first kappa shape index (κ1) is 12.2. The zero-order chi connectivity index (χ0) is 13.7. The molecule has 1 saturated carbocycles. The minimum Gasteiger partial charge on any atom is -0.349 e. The van der Waals surface area contributed by atoms with Crippen LogP contribution in [0.15, 0.2) is 18.2 Å². The smallest absolute Gasteiger partial charge is 0.255 e. The van der Waals surface area contributed by atoms with E-state index in [1.807, 2.05) is 13.0 Å². The Hall–Kier alpha value is -1.55. The number of rotatable bonds is 1. The lowest BCUT2D eigenvalue weighted by atomic mass is 10.0. The molecule has 1 aromatic carbocycles. The average molecular weight is 271 g/mol. The van der Waals surface area contributed by atoms with Crippen LogP contribution in [0, 0.1) is 6.92 Å². The van der Waals surface area contributed by atoms with Crippen molar-refractivity contribution in [3.05, 3.63) is 29.3 Å². The fourth-order valence-electron chi connectivity index (χ4n) is 3.60. The third-order valence-electron chi connectivity index (χ3n) is 4.84. The van der Waals surface area contributed by atoms with Crippen LogP contribution in [0.2, 0.25) is 0 Å². The number of hydrogen-bond acceptors (Lipinski definition) is 3. The maximum absolute atomic E-state index is 12.3. The van der Waals surface area contributed by atoms with Gasteiger partial charge in [0.1, 0.15) is 6.17 Å². The highest BCUT2D eigenvalue weighted by Gasteiger charge is 2.36. The molecular formula is C16H21N3O. The molecule has 0 unspecified atom stereocenters. The Bertz CT molecular complexity index is 553. The third-order valence-corrected chi connectivity index (χ3v) is 4.84. The van der Waals surface area contributed by atoms with E-state index < -0.39 is 0 Å². The Balaban J connectivity index is 1.67. The van der Waals surface area contributed by atoms with Crippen molar-refractivity contribution in [2.24, 2.45) is 0 Å². The number of carbonyl (C=O) groups excluding carboxylic acids is 1. The van der Waals surface area contributed by atoms with Gasteiger partial charge in [0.05, 0.1) is 11.3 Å². The molecule has 4 heteroatoms. The van der Waals surface area contributed by atoms with Gasteiger partial charge in [-0.2, -0.15) is 0 Å². The van der Waals surface area contributed by atoms with Gasteiger partial charge in [-0.1, -0.05) is 12.1 Å². The second-order valence-corrected chi connectivity index (χ2v) is 6.21. The molecule has 0 bridgehead atoms. The zero-order valence-electron chi connectivity index (χ0n) is 11.9. The highest BCUT2D eigenvalue weighted by molar-refractivity contribution is 6.03. The molecular weight excluding hydrogens is 250 g/mol. The molecule has 2 aliphatic heterocycles. The van der Waals surface area contributed by atoms with Crippen molar-refractivity contribution in [3.63, 3.8) is 0 Å². The molecule has 0 radical (unpaired) electrons. The highest BCUT2D eigenvalue weighted by Crippen LogP contribution is 2.33. The number of hydrogen-bond donors (Lipinski definition) is 1. The molecule has 2 heterocycles. The van der Waals surface area contributed by atoms with Gasteiger partial charge in [-0.3, -0.25) is 9.69 Å². The Labute approximate surface area is 119 Å². The fourth-order valence-corrected chi connectivity index (χ4v) is 3.60. The number of nitrogens with one attached hydrogen (secondary N) is 1. The predicted molar refractivity (Wildman–Crippen MR) is 79.0 cm³/mol. The molecule has 4 rings (SSSR count). The number of anilines is 1. The summed E-state index contributed by atoms with van der Waals surface area (Å²) in [6.07, 6.45) is 3.90. The van der Waals surface area contributed by atoms with Crippen LogP contribution in [0.3, 0.4) is 0 Å². The molecule has 0 spiro atoms. The van der Waals surface area contributed by atoms with Gasteiger partial charge >= 0.3 is 0 Å². The monoisotopic (exact) mass is 271 g/mol. The molecule has 4 nitrogen and oxygen atoms in total. The average Bonchev–Trinajstić information content (AvgIpc) is 3.24. The normalized spacial score (nSPS) is 26.6. The lowest BCUT2D eigenvalue weighted by molar-refractivity contribution is 0.0925. The van der Waals surface area contributed by atoms with E-state index in [1.54, 1.807) is 0 Å². The van der Waals surface area contributed by atoms with Gasteiger partial charge in [-0.05, 0) is 37.8 Å². The summed E-state index contributed by atoms with van der Waals surface area (Å²) in [5.74, 6) is 0.0965. The largest absolute Gasteiger partial charge is 0.349 e. The van der Waals surface area contributed by atoms with Crippen molar-refractivity contribution >= 4 is 11.6 Å². The number of carbonyl (C=O) groups is 1. The van der Waals surface area contributed by atoms with Gasteiger partial charge in [-0.15, -0.1) is 0 Å². The maximum Gasteiger partial charge on any atom is 0.255 e. The summed E-state index contributed by atoms with van der Waals surface area (Å²) < 4.78 is 0. The quantitative estimate of drug-likeness (QED) is 0.845. The highest BCUT2D eigenvalue weighted by atomic mass is 16.2. The van der Waals surface area contributed by atoms with Crippen molar-refractivity contribution in [1.82, 2.24) is 10.2 Å². The van der Waals surface area contributed by atoms with Crippen LogP contribution >= 0.6 is 0 Å². The van der Waals surface area contributed by atoms with Gasteiger partial charge in [0, 0.05) is 25.7 Å². The lowest BCUT2D eigenvalue weighted by Crippen LogP contribution is -2.53. The molecule has 1 saturated heterocycles.